The molecule has 2 aromatic rings. The van der Waals surface area contributed by atoms with Gasteiger partial charge in [0.25, 0.3) is 0 Å². The van der Waals surface area contributed by atoms with Crippen LogP contribution in [0.15, 0.2) is 48.1 Å². The van der Waals surface area contributed by atoms with E-state index in [1.54, 1.807) is 35.6 Å². The van der Waals surface area contributed by atoms with Crippen molar-refractivity contribution in [1.29, 1.82) is 10.5 Å². The Balaban J connectivity index is 2.14. The lowest BCUT2D eigenvalue weighted by Gasteiger charge is -2.11. The smallest absolute Gasteiger partial charge is 0.129 e. The minimum Gasteiger partial charge on any atom is -0.378 e. The molecule has 0 radical (unpaired) electrons. The number of rotatable bonds is 4. The van der Waals surface area contributed by atoms with Crippen molar-refractivity contribution in [1.82, 2.24) is 4.98 Å². The Morgan fingerprint density at radius 1 is 1.18 bits per heavy atom. The highest BCUT2D eigenvalue weighted by atomic mass is 32.1. The molecule has 0 aliphatic rings. The molecule has 2 rings (SSSR count). The molecule has 1 heterocycles. The molecule has 0 N–H and O–H groups in total. The van der Waals surface area contributed by atoms with Gasteiger partial charge in [0.2, 0.25) is 0 Å². The summed E-state index contributed by atoms with van der Waals surface area (Å²) in [6.07, 6.45) is 8.66. The van der Waals surface area contributed by atoms with Gasteiger partial charge >= 0.3 is 0 Å². The molecule has 1 aromatic carbocycles. The Labute approximate surface area is 133 Å². The van der Waals surface area contributed by atoms with Crippen molar-refractivity contribution in [2.24, 2.45) is 0 Å². The molecule has 5 heteroatoms. The minimum atomic E-state index is 0.0841. The van der Waals surface area contributed by atoms with Crippen LogP contribution in [0.2, 0.25) is 0 Å². The molecule has 0 aliphatic heterocycles. The first-order valence-electron chi connectivity index (χ1n) is 6.57. The average molecular weight is 306 g/mol. The van der Waals surface area contributed by atoms with Crippen LogP contribution >= 0.6 is 11.3 Å². The summed E-state index contributed by atoms with van der Waals surface area (Å²) in [5.74, 6) is 0. The van der Waals surface area contributed by atoms with Crippen LogP contribution in [0.4, 0.5) is 5.69 Å². The minimum absolute atomic E-state index is 0.0841. The van der Waals surface area contributed by atoms with Gasteiger partial charge in [-0.2, -0.15) is 10.5 Å². The van der Waals surface area contributed by atoms with E-state index in [1.807, 2.05) is 38.4 Å². The second-order valence-electron chi connectivity index (χ2n) is 4.65. The van der Waals surface area contributed by atoms with Gasteiger partial charge in [0, 0.05) is 19.8 Å². The van der Waals surface area contributed by atoms with E-state index in [0.29, 0.717) is 0 Å². The van der Waals surface area contributed by atoms with Crippen LogP contribution in [0.1, 0.15) is 5.01 Å². The number of benzene rings is 1. The number of aromatic nitrogens is 1. The van der Waals surface area contributed by atoms with E-state index in [4.69, 9.17) is 10.5 Å². The molecule has 0 amide bonds. The van der Waals surface area contributed by atoms with Gasteiger partial charge in [-0.15, -0.1) is 11.3 Å². The highest BCUT2D eigenvalue weighted by molar-refractivity contribution is 7.19. The van der Waals surface area contributed by atoms with E-state index in [9.17, 15) is 0 Å². The number of hydrogen-bond acceptors (Lipinski definition) is 5. The van der Waals surface area contributed by atoms with Gasteiger partial charge in [0.05, 0.1) is 10.2 Å². The maximum absolute atomic E-state index is 8.60. The predicted octanol–water partition coefficient (Wildman–Crippen LogP) is 3.91. The van der Waals surface area contributed by atoms with Crippen molar-refractivity contribution in [3.05, 3.63) is 53.1 Å². The van der Waals surface area contributed by atoms with Gasteiger partial charge in [-0.25, -0.2) is 4.98 Å². The standard InChI is InChI=1S/C17H14N4S/c1-21(2)14-8-9-15-16(10-14)22-17(20-15)7-5-3-4-6-13(11-18)12-19/h3-10H,1-2H3/b4-3+,7-5+. The zero-order valence-electron chi connectivity index (χ0n) is 12.3. The van der Waals surface area contributed by atoms with E-state index in [2.05, 4.69) is 16.0 Å². The number of anilines is 1. The maximum Gasteiger partial charge on any atom is 0.129 e. The molecule has 0 aliphatic carbocycles. The van der Waals surface area contributed by atoms with Crippen LogP contribution in [0.3, 0.4) is 0 Å². The van der Waals surface area contributed by atoms with Crippen molar-refractivity contribution in [3.8, 4) is 12.1 Å². The quantitative estimate of drug-likeness (QED) is 0.634. The summed E-state index contributed by atoms with van der Waals surface area (Å²) in [6, 6.07) is 9.79. The number of nitriles is 2. The van der Waals surface area contributed by atoms with Crippen molar-refractivity contribution in [3.63, 3.8) is 0 Å². The third-order valence-electron chi connectivity index (χ3n) is 2.87. The molecule has 0 saturated heterocycles. The van der Waals surface area contributed by atoms with E-state index < -0.39 is 0 Å². The Morgan fingerprint density at radius 3 is 2.64 bits per heavy atom. The number of fused-ring (bicyclic) bond motifs is 1. The maximum atomic E-state index is 8.60. The van der Waals surface area contributed by atoms with Gasteiger partial charge < -0.3 is 4.90 Å². The topological polar surface area (TPSA) is 63.7 Å². The number of allylic oxidation sites excluding steroid dienone is 5. The highest BCUT2D eigenvalue weighted by Gasteiger charge is 2.03. The van der Waals surface area contributed by atoms with Gasteiger partial charge in [0.1, 0.15) is 22.7 Å². The Morgan fingerprint density at radius 2 is 1.95 bits per heavy atom. The van der Waals surface area contributed by atoms with Gasteiger partial charge in [0.15, 0.2) is 0 Å². The molecule has 0 unspecified atom stereocenters. The molecule has 0 bridgehead atoms. The van der Waals surface area contributed by atoms with E-state index in [0.717, 1.165) is 20.9 Å². The summed E-state index contributed by atoms with van der Waals surface area (Å²) in [5.41, 5.74) is 2.22. The lowest BCUT2D eigenvalue weighted by molar-refractivity contribution is 1.14. The molecule has 1 aromatic heterocycles. The van der Waals surface area contributed by atoms with Gasteiger partial charge in [-0.1, -0.05) is 18.2 Å². The molecule has 0 atom stereocenters. The number of nitrogens with zero attached hydrogens (tertiary/aromatic N) is 4. The summed E-state index contributed by atoms with van der Waals surface area (Å²) in [4.78, 5) is 6.60. The van der Waals surface area contributed by atoms with E-state index in [1.165, 1.54) is 6.08 Å². The molecule has 108 valence electrons. The van der Waals surface area contributed by atoms with Crippen LogP contribution in [0, 0.1) is 22.7 Å². The van der Waals surface area contributed by atoms with Gasteiger partial charge in [-0.3, -0.25) is 0 Å². The van der Waals surface area contributed by atoms with Crippen LogP contribution < -0.4 is 4.90 Å². The van der Waals surface area contributed by atoms with Crippen molar-refractivity contribution < 1.29 is 0 Å². The van der Waals surface area contributed by atoms with Gasteiger partial charge in [-0.05, 0) is 30.4 Å². The first kappa shape index (κ1) is 15.5. The van der Waals surface area contributed by atoms with Crippen molar-refractivity contribution in [2.45, 2.75) is 0 Å². The van der Waals surface area contributed by atoms with Crippen molar-refractivity contribution >= 4 is 33.3 Å². The Hall–Kier alpha value is -2.89. The average Bonchev–Trinajstić information content (AvgIpc) is 2.92. The van der Waals surface area contributed by atoms with E-state index in [-0.39, 0.29) is 5.57 Å². The third-order valence-corrected chi connectivity index (χ3v) is 3.85. The lowest BCUT2D eigenvalue weighted by atomic mass is 10.3. The van der Waals surface area contributed by atoms with Crippen LogP contribution in [-0.2, 0) is 0 Å². The Kier molecular flexibility index (Phi) is 5.08. The SMILES string of the molecule is CN(C)c1ccc2nc(/C=C/C=C/C=C(C#N)C#N)sc2c1. The fraction of sp³-hybridized carbons (Fsp3) is 0.118. The van der Waals surface area contributed by atoms with Crippen molar-refractivity contribution in [2.75, 3.05) is 19.0 Å². The molecule has 0 saturated carbocycles. The fourth-order valence-corrected chi connectivity index (χ4v) is 2.65. The predicted molar refractivity (Wildman–Crippen MR) is 91.4 cm³/mol. The number of hydrogen-bond donors (Lipinski definition) is 0. The Bertz CT molecular complexity index is 826. The normalized spacial score (nSPS) is 10.7. The molecule has 4 nitrogen and oxygen atoms in total. The summed E-state index contributed by atoms with van der Waals surface area (Å²) < 4.78 is 1.14. The van der Waals surface area contributed by atoms with Crippen LogP contribution in [-0.4, -0.2) is 19.1 Å². The fourth-order valence-electron chi connectivity index (χ4n) is 1.73. The van der Waals surface area contributed by atoms with E-state index >= 15 is 0 Å². The second kappa shape index (κ2) is 7.21. The molecule has 0 fully saturated rings. The molecular formula is C17H14N4S. The largest absolute Gasteiger partial charge is 0.378 e. The molecular weight excluding hydrogens is 292 g/mol. The lowest BCUT2D eigenvalue weighted by Crippen LogP contribution is -2.07. The highest BCUT2D eigenvalue weighted by Crippen LogP contribution is 2.26. The third kappa shape index (κ3) is 3.82. The van der Waals surface area contributed by atoms with Crippen LogP contribution in [0.5, 0.6) is 0 Å². The zero-order valence-corrected chi connectivity index (χ0v) is 13.1. The first-order chi connectivity index (χ1) is 10.6. The molecule has 0 spiro atoms. The summed E-state index contributed by atoms with van der Waals surface area (Å²) in [5, 5.41) is 18.1. The van der Waals surface area contributed by atoms with Crippen LogP contribution in [0.25, 0.3) is 16.3 Å². The first-order valence-corrected chi connectivity index (χ1v) is 7.39. The summed E-state index contributed by atoms with van der Waals surface area (Å²) in [6.45, 7) is 0. The molecule has 22 heavy (non-hydrogen) atoms. The number of thiazole rings is 1. The second-order valence-corrected chi connectivity index (χ2v) is 5.71. The monoisotopic (exact) mass is 306 g/mol. The summed E-state index contributed by atoms with van der Waals surface area (Å²) >= 11 is 1.62. The zero-order chi connectivity index (χ0) is 15.9. The summed E-state index contributed by atoms with van der Waals surface area (Å²) in [7, 11) is 4.02.